The molecule has 1 aromatic carbocycles. The van der Waals surface area contributed by atoms with Crippen LogP contribution in [-0.4, -0.2) is 35.5 Å². The molecule has 0 bridgehead atoms. The average molecular weight is 369 g/mol. The summed E-state index contributed by atoms with van der Waals surface area (Å²) in [6.45, 7) is -0.125. The second-order valence-corrected chi connectivity index (χ2v) is 6.22. The van der Waals surface area contributed by atoms with E-state index in [2.05, 4.69) is 26.6 Å². The van der Waals surface area contributed by atoms with Crippen LogP contribution in [0.3, 0.4) is 0 Å². The number of benzene rings is 1. The lowest BCUT2D eigenvalue weighted by molar-refractivity contribution is -0.141. The highest BCUT2D eigenvalue weighted by atomic mass is 79.9. The fourth-order valence-corrected chi connectivity index (χ4v) is 2.91. The lowest BCUT2D eigenvalue weighted by atomic mass is 10.1. The summed E-state index contributed by atoms with van der Waals surface area (Å²) < 4.78 is 0.787. The summed E-state index contributed by atoms with van der Waals surface area (Å²) in [6.07, 6.45) is 1.67. The molecule has 0 radical (unpaired) electrons. The third-order valence-electron chi connectivity index (χ3n) is 3.64. The third kappa shape index (κ3) is 4.56. The summed E-state index contributed by atoms with van der Waals surface area (Å²) in [5.74, 6) is -1.84. The Morgan fingerprint density at radius 2 is 2.05 bits per heavy atom. The van der Waals surface area contributed by atoms with E-state index >= 15 is 0 Å². The first kappa shape index (κ1) is 16.5. The van der Waals surface area contributed by atoms with Crippen LogP contribution in [0.2, 0.25) is 0 Å². The van der Waals surface area contributed by atoms with Crippen LogP contribution < -0.4 is 10.6 Å². The highest BCUT2D eigenvalue weighted by Gasteiger charge is 2.30. The highest BCUT2D eigenvalue weighted by Crippen LogP contribution is 2.25. The molecule has 2 atom stereocenters. The van der Waals surface area contributed by atoms with E-state index in [4.69, 9.17) is 5.11 Å². The largest absolute Gasteiger partial charge is 0.481 e. The van der Waals surface area contributed by atoms with Crippen LogP contribution in [0.25, 0.3) is 0 Å². The molecule has 1 saturated carbocycles. The molecule has 0 saturated heterocycles. The topological polar surface area (TPSA) is 95.5 Å². The van der Waals surface area contributed by atoms with Gasteiger partial charge in [0.05, 0.1) is 12.5 Å². The molecule has 1 aliphatic carbocycles. The molecule has 0 aromatic heterocycles. The van der Waals surface area contributed by atoms with Gasteiger partial charge in [-0.2, -0.15) is 0 Å². The molecule has 0 spiro atoms. The third-order valence-corrected chi connectivity index (χ3v) is 4.14. The van der Waals surface area contributed by atoms with Gasteiger partial charge >= 0.3 is 5.97 Å². The average Bonchev–Trinajstić information content (AvgIpc) is 2.93. The predicted octanol–water partition coefficient (Wildman–Crippen LogP) is 1.55. The number of carboxylic acids is 1. The maximum atomic E-state index is 11.9. The number of carbonyl (C=O) groups is 3. The monoisotopic (exact) mass is 368 g/mol. The Balaban J connectivity index is 1.76. The van der Waals surface area contributed by atoms with Gasteiger partial charge in [-0.1, -0.05) is 22.0 Å². The number of nitrogens with one attached hydrogen (secondary N) is 2. The van der Waals surface area contributed by atoms with Crippen molar-refractivity contribution < 1.29 is 19.5 Å². The van der Waals surface area contributed by atoms with E-state index in [1.807, 2.05) is 6.07 Å². The summed E-state index contributed by atoms with van der Waals surface area (Å²) in [7, 11) is 0. The van der Waals surface area contributed by atoms with E-state index in [9.17, 15) is 14.4 Å². The molecular weight excluding hydrogens is 352 g/mol. The molecule has 22 heavy (non-hydrogen) atoms. The van der Waals surface area contributed by atoms with Crippen LogP contribution >= 0.6 is 15.9 Å². The predicted molar refractivity (Wildman–Crippen MR) is 83.4 cm³/mol. The Bertz CT molecular complexity index is 591. The second kappa shape index (κ2) is 7.40. The van der Waals surface area contributed by atoms with Gasteiger partial charge in [0.2, 0.25) is 5.91 Å². The summed E-state index contributed by atoms with van der Waals surface area (Å²) in [6, 6.07) is 6.75. The van der Waals surface area contributed by atoms with Crippen molar-refractivity contribution in [3.05, 3.63) is 34.3 Å². The van der Waals surface area contributed by atoms with Gasteiger partial charge in [-0.3, -0.25) is 14.4 Å². The van der Waals surface area contributed by atoms with Gasteiger partial charge in [0.25, 0.3) is 5.91 Å². The van der Waals surface area contributed by atoms with Gasteiger partial charge < -0.3 is 15.7 Å². The first-order valence-electron chi connectivity index (χ1n) is 7.01. The first-order chi connectivity index (χ1) is 10.5. The van der Waals surface area contributed by atoms with E-state index in [0.29, 0.717) is 24.8 Å². The van der Waals surface area contributed by atoms with Crippen LogP contribution in [-0.2, 0) is 9.59 Å². The standard InChI is InChI=1S/C15H17BrN2O4/c16-11-3-1-2-9(6-11)14(20)17-8-13(19)18-12-5-4-10(7-12)15(21)22/h1-3,6,10,12H,4-5,7-8H2,(H,17,20)(H,18,19)(H,21,22)/t10-,12+/m0/s1. The molecule has 7 heteroatoms. The molecule has 6 nitrogen and oxygen atoms in total. The number of carbonyl (C=O) groups excluding carboxylic acids is 2. The molecule has 3 N–H and O–H groups in total. The van der Waals surface area contributed by atoms with Crippen molar-refractivity contribution >= 4 is 33.7 Å². The molecule has 2 amide bonds. The van der Waals surface area contributed by atoms with Crippen molar-refractivity contribution in [3.8, 4) is 0 Å². The zero-order valence-electron chi connectivity index (χ0n) is 11.8. The van der Waals surface area contributed by atoms with Crippen molar-refractivity contribution in [1.29, 1.82) is 0 Å². The minimum Gasteiger partial charge on any atom is -0.481 e. The normalized spacial score (nSPS) is 20.4. The van der Waals surface area contributed by atoms with Crippen molar-refractivity contribution in [2.75, 3.05) is 6.54 Å². The van der Waals surface area contributed by atoms with Gasteiger partial charge in [-0.15, -0.1) is 0 Å². The van der Waals surface area contributed by atoms with E-state index in [1.165, 1.54) is 0 Å². The second-order valence-electron chi connectivity index (χ2n) is 5.31. The van der Waals surface area contributed by atoms with Crippen LogP contribution in [0.1, 0.15) is 29.6 Å². The van der Waals surface area contributed by atoms with E-state index in [0.717, 1.165) is 4.47 Å². The Labute approximate surface area is 136 Å². The maximum absolute atomic E-state index is 11.9. The van der Waals surface area contributed by atoms with Gasteiger partial charge in [0.1, 0.15) is 0 Å². The first-order valence-corrected chi connectivity index (χ1v) is 7.81. The van der Waals surface area contributed by atoms with Crippen molar-refractivity contribution in [1.82, 2.24) is 10.6 Å². The fourth-order valence-electron chi connectivity index (χ4n) is 2.51. The van der Waals surface area contributed by atoms with Crippen molar-refractivity contribution in [2.24, 2.45) is 5.92 Å². The van der Waals surface area contributed by atoms with Crippen molar-refractivity contribution in [3.63, 3.8) is 0 Å². The number of carboxylic acid groups (broad SMARTS) is 1. The Kier molecular flexibility index (Phi) is 5.54. The minimum atomic E-state index is -0.820. The molecule has 2 rings (SSSR count). The maximum Gasteiger partial charge on any atom is 0.306 e. The van der Waals surface area contributed by atoms with Crippen molar-refractivity contribution in [2.45, 2.75) is 25.3 Å². The quantitative estimate of drug-likeness (QED) is 0.734. The van der Waals surface area contributed by atoms with Crippen LogP contribution in [0.5, 0.6) is 0 Å². The van der Waals surface area contributed by atoms with E-state index < -0.39 is 5.97 Å². The highest BCUT2D eigenvalue weighted by molar-refractivity contribution is 9.10. The molecule has 1 aromatic rings. The Morgan fingerprint density at radius 3 is 2.68 bits per heavy atom. The van der Waals surface area contributed by atoms with E-state index in [1.54, 1.807) is 18.2 Å². The molecule has 118 valence electrons. The molecule has 0 aliphatic heterocycles. The smallest absolute Gasteiger partial charge is 0.306 e. The van der Waals surface area contributed by atoms with Crippen LogP contribution in [0, 0.1) is 5.92 Å². The molecule has 0 heterocycles. The fraction of sp³-hybridized carbons (Fsp3) is 0.400. The number of hydrogen-bond acceptors (Lipinski definition) is 3. The van der Waals surface area contributed by atoms with Gasteiger partial charge in [-0.25, -0.2) is 0 Å². The number of amides is 2. The lowest BCUT2D eigenvalue weighted by Crippen LogP contribution is -2.41. The Hall–Kier alpha value is -1.89. The molecule has 0 unspecified atom stereocenters. The zero-order chi connectivity index (χ0) is 16.1. The SMILES string of the molecule is O=C(CNC(=O)c1cccc(Br)c1)N[C@@H]1CC[C@H](C(=O)O)C1. The van der Waals surface area contributed by atoms with Gasteiger partial charge in [-0.05, 0) is 37.5 Å². The Morgan fingerprint density at radius 1 is 1.27 bits per heavy atom. The summed E-state index contributed by atoms with van der Waals surface area (Å²) >= 11 is 3.28. The van der Waals surface area contributed by atoms with Gasteiger partial charge in [0, 0.05) is 16.1 Å². The number of halogens is 1. The number of aliphatic carboxylic acids is 1. The van der Waals surface area contributed by atoms with Gasteiger partial charge in [0.15, 0.2) is 0 Å². The summed E-state index contributed by atoms with van der Waals surface area (Å²) in [5, 5.41) is 14.2. The molecular formula is C15H17BrN2O4. The lowest BCUT2D eigenvalue weighted by Gasteiger charge is -2.13. The number of hydrogen-bond donors (Lipinski definition) is 3. The summed E-state index contributed by atoms with van der Waals surface area (Å²) in [4.78, 5) is 34.5. The summed E-state index contributed by atoms with van der Waals surface area (Å²) in [5.41, 5.74) is 0.467. The van der Waals surface area contributed by atoms with Crippen LogP contribution in [0.15, 0.2) is 28.7 Å². The molecule has 1 aliphatic rings. The number of rotatable bonds is 5. The minimum absolute atomic E-state index is 0.125. The van der Waals surface area contributed by atoms with Crippen LogP contribution in [0.4, 0.5) is 0 Å². The zero-order valence-corrected chi connectivity index (χ0v) is 13.4. The molecule has 1 fully saturated rings. The van der Waals surface area contributed by atoms with E-state index in [-0.39, 0.29) is 30.3 Å².